The SMILES string of the molecule is COC(=O)c1nn(C)c(C)c1NC(=O)Cn1nc(C)cc1C. The molecule has 0 aliphatic carbocycles. The van der Waals surface area contributed by atoms with E-state index in [-0.39, 0.29) is 18.1 Å². The summed E-state index contributed by atoms with van der Waals surface area (Å²) in [7, 11) is 2.96. The molecule has 8 heteroatoms. The average Bonchev–Trinajstić information content (AvgIpc) is 2.91. The molecule has 0 bridgehead atoms. The molecular weight excluding hydrogens is 286 g/mol. The van der Waals surface area contributed by atoms with Gasteiger partial charge in [0.15, 0.2) is 5.69 Å². The van der Waals surface area contributed by atoms with Crippen molar-refractivity contribution >= 4 is 17.6 Å². The first kappa shape index (κ1) is 15.7. The van der Waals surface area contributed by atoms with Gasteiger partial charge in [-0.05, 0) is 26.8 Å². The topological polar surface area (TPSA) is 91.0 Å². The van der Waals surface area contributed by atoms with Gasteiger partial charge in [0.2, 0.25) is 5.91 Å². The van der Waals surface area contributed by atoms with Gasteiger partial charge in [0.25, 0.3) is 0 Å². The fraction of sp³-hybridized carbons (Fsp3) is 0.429. The van der Waals surface area contributed by atoms with Crippen LogP contribution in [0, 0.1) is 20.8 Å². The first-order chi connectivity index (χ1) is 10.3. The molecule has 2 rings (SSSR count). The monoisotopic (exact) mass is 305 g/mol. The summed E-state index contributed by atoms with van der Waals surface area (Å²) in [4.78, 5) is 23.9. The van der Waals surface area contributed by atoms with Crippen LogP contribution in [0.3, 0.4) is 0 Å². The molecule has 1 N–H and O–H groups in total. The fourth-order valence-corrected chi connectivity index (χ4v) is 2.15. The molecule has 1 amide bonds. The van der Waals surface area contributed by atoms with Gasteiger partial charge in [-0.25, -0.2) is 4.79 Å². The molecule has 2 heterocycles. The molecule has 0 aliphatic rings. The van der Waals surface area contributed by atoms with Crippen LogP contribution in [-0.2, 0) is 23.1 Å². The van der Waals surface area contributed by atoms with Crippen molar-refractivity contribution in [3.8, 4) is 0 Å². The first-order valence-corrected chi connectivity index (χ1v) is 6.76. The minimum absolute atomic E-state index is 0.0641. The Labute approximate surface area is 128 Å². The number of ether oxygens (including phenoxy) is 1. The van der Waals surface area contributed by atoms with Crippen LogP contribution in [0.5, 0.6) is 0 Å². The lowest BCUT2D eigenvalue weighted by atomic mass is 10.3. The lowest BCUT2D eigenvalue weighted by Gasteiger charge is -2.07. The zero-order valence-electron chi connectivity index (χ0n) is 13.3. The zero-order chi connectivity index (χ0) is 16.4. The molecule has 22 heavy (non-hydrogen) atoms. The van der Waals surface area contributed by atoms with Crippen molar-refractivity contribution in [2.45, 2.75) is 27.3 Å². The van der Waals surface area contributed by atoms with E-state index in [2.05, 4.69) is 20.3 Å². The number of nitrogens with one attached hydrogen (secondary N) is 1. The molecule has 0 aromatic carbocycles. The highest BCUT2D eigenvalue weighted by Gasteiger charge is 2.22. The van der Waals surface area contributed by atoms with E-state index in [4.69, 9.17) is 0 Å². The molecule has 2 aromatic rings. The molecule has 0 radical (unpaired) electrons. The van der Waals surface area contributed by atoms with Crippen molar-refractivity contribution in [1.29, 1.82) is 0 Å². The van der Waals surface area contributed by atoms with Crippen LogP contribution in [-0.4, -0.2) is 38.5 Å². The molecular formula is C14H19N5O3. The Bertz CT molecular complexity index is 729. The maximum absolute atomic E-state index is 12.2. The van der Waals surface area contributed by atoms with E-state index in [0.717, 1.165) is 11.4 Å². The van der Waals surface area contributed by atoms with Gasteiger partial charge in [0.1, 0.15) is 6.54 Å². The van der Waals surface area contributed by atoms with Crippen LogP contribution >= 0.6 is 0 Å². The summed E-state index contributed by atoms with van der Waals surface area (Å²) in [5.41, 5.74) is 2.86. The van der Waals surface area contributed by atoms with E-state index in [1.807, 2.05) is 19.9 Å². The van der Waals surface area contributed by atoms with Crippen LogP contribution in [0.2, 0.25) is 0 Å². The zero-order valence-corrected chi connectivity index (χ0v) is 13.3. The van der Waals surface area contributed by atoms with E-state index in [1.165, 1.54) is 11.8 Å². The Hall–Kier alpha value is -2.64. The molecule has 0 fully saturated rings. The second-order valence-electron chi connectivity index (χ2n) is 5.06. The summed E-state index contributed by atoms with van der Waals surface area (Å²) < 4.78 is 7.81. The van der Waals surface area contributed by atoms with Crippen LogP contribution in [0.4, 0.5) is 5.69 Å². The van der Waals surface area contributed by atoms with Crippen molar-refractivity contribution in [3.63, 3.8) is 0 Å². The first-order valence-electron chi connectivity index (χ1n) is 6.76. The molecule has 118 valence electrons. The molecule has 0 aliphatic heterocycles. The lowest BCUT2D eigenvalue weighted by molar-refractivity contribution is -0.116. The molecule has 0 saturated carbocycles. The van der Waals surface area contributed by atoms with Crippen LogP contribution in [0.15, 0.2) is 6.07 Å². The quantitative estimate of drug-likeness (QED) is 0.850. The summed E-state index contributed by atoms with van der Waals surface area (Å²) >= 11 is 0. The minimum atomic E-state index is -0.592. The van der Waals surface area contributed by atoms with Gasteiger partial charge in [-0.3, -0.25) is 14.2 Å². The number of nitrogens with zero attached hydrogens (tertiary/aromatic N) is 4. The third-order valence-electron chi connectivity index (χ3n) is 3.37. The summed E-state index contributed by atoms with van der Waals surface area (Å²) in [5.74, 6) is -0.877. The average molecular weight is 305 g/mol. The van der Waals surface area contributed by atoms with Gasteiger partial charge in [-0.1, -0.05) is 0 Å². The highest BCUT2D eigenvalue weighted by Crippen LogP contribution is 2.20. The summed E-state index contributed by atoms with van der Waals surface area (Å²) in [6, 6.07) is 1.89. The van der Waals surface area contributed by atoms with E-state index in [0.29, 0.717) is 11.4 Å². The number of anilines is 1. The fourth-order valence-electron chi connectivity index (χ4n) is 2.15. The number of amides is 1. The Balaban J connectivity index is 2.21. The maximum Gasteiger partial charge on any atom is 0.360 e. The van der Waals surface area contributed by atoms with Gasteiger partial charge in [-0.2, -0.15) is 10.2 Å². The lowest BCUT2D eigenvalue weighted by Crippen LogP contribution is -2.22. The predicted molar refractivity (Wildman–Crippen MR) is 79.6 cm³/mol. The van der Waals surface area contributed by atoms with E-state index < -0.39 is 5.97 Å². The molecule has 0 unspecified atom stereocenters. The number of hydrogen-bond donors (Lipinski definition) is 1. The van der Waals surface area contributed by atoms with Gasteiger partial charge >= 0.3 is 5.97 Å². The number of methoxy groups -OCH3 is 1. The van der Waals surface area contributed by atoms with Crippen LogP contribution < -0.4 is 5.32 Å². The van der Waals surface area contributed by atoms with Gasteiger partial charge in [-0.15, -0.1) is 0 Å². The second kappa shape index (κ2) is 6.00. The molecule has 2 aromatic heterocycles. The van der Waals surface area contributed by atoms with E-state index >= 15 is 0 Å². The Morgan fingerprint density at radius 3 is 2.50 bits per heavy atom. The smallest absolute Gasteiger partial charge is 0.360 e. The normalized spacial score (nSPS) is 10.6. The number of hydrogen-bond acceptors (Lipinski definition) is 5. The van der Waals surface area contributed by atoms with Gasteiger partial charge < -0.3 is 10.1 Å². The number of carbonyl (C=O) groups excluding carboxylic acids is 2. The Morgan fingerprint density at radius 2 is 1.95 bits per heavy atom. The highest BCUT2D eigenvalue weighted by molar-refractivity contribution is 6.00. The third-order valence-corrected chi connectivity index (χ3v) is 3.37. The largest absolute Gasteiger partial charge is 0.464 e. The predicted octanol–water partition coefficient (Wildman–Crippen LogP) is 0.967. The van der Waals surface area contributed by atoms with Crippen molar-refractivity contribution in [1.82, 2.24) is 19.6 Å². The number of esters is 1. The maximum atomic E-state index is 12.2. The van der Waals surface area contributed by atoms with Crippen molar-refractivity contribution in [2.75, 3.05) is 12.4 Å². The highest BCUT2D eigenvalue weighted by atomic mass is 16.5. The van der Waals surface area contributed by atoms with E-state index in [1.54, 1.807) is 18.7 Å². The van der Waals surface area contributed by atoms with Crippen LogP contribution in [0.25, 0.3) is 0 Å². The van der Waals surface area contributed by atoms with Gasteiger partial charge in [0.05, 0.1) is 24.2 Å². The van der Waals surface area contributed by atoms with Gasteiger partial charge in [0, 0.05) is 12.7 Å². The van der Waals surface area contributed by atoms with Crippen molar-refractivity contribution in [3.05, 3.63) is 28.8 Å². The second-order valence-corrected chi connectivity index (χ2v) is 5.06. The summed E-state index contributed by atoms with van der Waals surface area (Å²) in [6.45, 7) is 5.57. The number of carbonyl (C=O) groups is 2. The van der Waals surface area contributed by atoms with E-state index in [9.17, 15) is 9.59 Å². The van der Waals surface area contributed by atoms with Crippen LogP contribution in [0.1, 0.15) is 27.6 Å². The number of aryl methyl sites for hydroxylation is 3. The Morgan fingerprint density at radius 1 is 1.27 bits per heavy atom. The minimum Gasteiger partial charge on any atom is -0.464 e. The molecule has 0 saturated heterocycles. The molecule has 8 nitrogen and oxygen atoms in total. The number of rotatable bonds is 4. The summed E-state index contributed by atoms with van der Waals surface area (Å²) in [6.07, 6.45) is 0. The van der Waals surface area contributed by atoms with Crippen molar-refractivity contribution < 1.29 is 14.3 Å². The molecule has 0 spiro atoms. The Kier molecular flexibility index (Phi) is 4.30. The summed E-state index contributed by atoms with van der Waals surface area (Å²) in [5, 5.41) is 11.0. The van der Waals surface area contributed by atoms with Crippen molar-refractivity contribution in [2.24, 2.45) is 7.05 Å². The number of aromatic nitrogens is 4. The third kappa shape index (κ3) is 3.00. The standard InChI is InChI=1S/C14H19N5O3/c1-8-6-9(2)19(16-8)7-11(20)15-12-10(3)18(4)17-13(12)14(21)22-5/h6H,7H2,1-5H3,(H,15,20). The molecule has 0 atom stereocenters.